The van der Waals surface area contributed by atoms with E-state index in [1.165, 1.54) is 18.3 Å². The molecule has 0 bridgehead atoms. The van der Waals surface area contributed by atoms with Crippen LogP contribution in [0.5, 0.6) is 0 Å². The molecule has 0 spiro atoms. The number of carbonyl (C=O) groups excluding carboxylic acids is 1. The second-order valence-corrected chi connectivity index (χ2v) is 5.63. The van der Waals surface area contributed by atoms with Gasteiger partial charge >= 0.3 is 5.97 Å². The predicted octanol–water partition coefficient (Wildman–Crippen LogP) is 2.83. The Morgan fingerprint density at radius 2 is 1.70 bits per heavy atom. The molecule has 1 aromatic heterocycles. The fourth-order valence-electron chi connectivity index (χ4n) is 2.36. The van der Waals surface area contributed by atoms with Gasteiger partial charge in [0.1, 0.15) is 11.5 Å². The highest BCUT2D eigenvalue weighted by Crippen LogP contribution is 2.22. The average Bonchev–Trinajstić information content (AvgIpc) is 3.17. The molecule has 1 heterocycles. The first-order chi connectivity index (χ1) is 13.0. The molecule has 3 N–H and O–H groups in total. The fraction of sp³-hybridized carbons (Fsp3) is 0.0500. The summed E-state index contributed by atoms with van der Waals surface area (Å²) in [7, 11) is 0. The number of carboxylic acid groups (broad SMARTS) is 1. The molecule has 3 rings (SSSR count). The number of aromatic carboxylic acids is 1. The number of hydrogen-bond acceptors (Lipinski definition) is 5. The van der Waals surface area contributed by atoms with Crippen molar-refractivity contribution in [1.82, 2.24) is 5.43 Å². The summed E-state index contributed by atoms with van der Waals surface area (Å²) in [5.41, 5.74) is 3.62. The van der Waals surface area contributed by atoms with Gasteiger partial charge in [0.05, 0.1) is 11.8 Å². The Balaban J connectivity index is 1.62. The van der Waals surface area contributed by atoms with E-state index in [4.69, 9.17) is 9.52 Å². The lowest BCUT2D eigenvalue weighted by molar-refractivity contribution is -0.129. The van der Waals surface area contributed by atoms with Crippen molar-refractivity contribution in [2.45, 2.75) is 6.10 Å². The van der Waals surface area contributed by atoms with Gasteiger partial charge in [-0.15, -0.1) is 0 Å². The van der Waals surface area contributed by atoms with Crippen molar-refractivity contribution in [2.24, 2.45) is 5.10 Å². The molecule has 136 valence electrons. The quantitative estimate of drug-likeness (QED) is 0.460. The van der Waals surface area contributed by atoms with Crippen molar-refractivity contribution in [3.05, 3.63) is 83.6 Å². The van der Waals surface area contributed by atoms with E-state index in [1.807, 2.05) is 0 Å². The standard InChI is InChI=1S/C20H16N2O5/c23-18(14-4-2-1-3-5-14)19(24)22-21-12-16-10-11-17(27-16)13-6-8-15(9-7-13)20(25)26/h1-12,18,23H,(H,22,24)(H,25,26)/b21-12-/t18-/m1/s1. The number of amides is 1. The first kappa shape index (κ1) is 18.1. The Morgan fingerprint density at radius 3 is 2.37 bits per heavy atom. The molecule has 0 aliphatic rings. The third-order valence-electron chi connectivity index (χ3n) is 3.77. The summed E-state index contributed by atoms with van der Waals surface area (Å²) in [5, 5.41) is 22.6. The van der Waals surface area contributed by atoms with Crippen LogP contribution in [0.3, 0.4) is 0 Å². The minimum absolute atomic E-state index is 0.187. The summed E-state index contributed by atoms with van der Waals surface area (Å²) >= 11 is 0. The van der Waals surface area contributed by atoms with E-state index >= 15 is 0 Å². The lowest BCUT2D eigenvalue weighted by Crippen LogP contribution is -2.25. The number of hydrogen-bond donors (Lipinski definition) is 3. The van der Waals surface area contributed by atoms with Crippen LogP contribution < -0.4 is 5.43 Å². The maximum atomic E-state index is 11.9. The fourth-order valence-corrected chi connectivity index (χ4v) is 2.36. The van der Waals surface area contributed by atoms with Gasteiger partial charge in [0, 0.05) is 5.56 Å². The molecule has 1 amide bonds. The summed E-state index contributed by atoms with van der Waals surface area (Å²) < 4.78 is 5.59. The highest BCUT2D eigenvalue weighted by Gasteiger charge is 2.16. The van der Waals surface area contributed by atoms with E-state index in [0.29, 0.717) is 22.6 Å². The van der Waals surface area contributed by atoms with E-state index in [1.54, 1.807) is 54.6 Å². The number of hydrazone groups is 1. The van der Waals surface area contributed by atoms with Crippen LogP contribution in [0, 0.1) is 0 Å². The SMILES string of the molecule is O=C(O)c1ccc(-c2ccc(/C=N\NC(=O)[C@H](O)c3ccccc3)o2)cc1. The van der Waals surface area contributed by atoms with Crippen LogP contribution in [0.2, 0.25) is 0 Å². The van der Waals surface area contributed by atoms with E-state index in [-0.39, 0.29) is 5.56 Å². The van der Waals surface area contributed by atoms with Crippen LogP contribution in [0.1, 0.15) is 27.8 Å². The number of nitrogens with zero attached hydrogens (tertiary/aromatic N) is 1. The zero-order chi connectivity index (χ0) is 19.2. The molecule has 0 fully saturated rings. The second kappa shape index (κ2) is 8.11. The second-order valence-electron chi connectivity index (χ2n) is 5.63. The minimum Gasteiger partial charge on any atom is -0.478 e. The largest absolute Gasteiger partial charge is 0.478 e. The molecule has 0 radical (unpaired) electrons. The molecule has 7 nitrogen and oxygen atoms in total. The lowest BCUT2D eigenvalue weighted by Gasteiger charge is -2.08. The third kappa shape index (κ3) is 4.47. The summed E-state index contributed by atoms with van der Waals surface area (Å²) in [5.74, 6) is -0.735. The van der Waals surface area contributed by atoms with Crippen LogP contribution in [-0.2, 0) is 4.79 Å². The Hall–Kier alpha value is -3.71. The molecule has 27 heavy (non-hydrogen) atoms. The summed E-state index contributed by atoms with van der Waals surface area (Å²) in [6, 6.07) is 18.1. The average molecular weight is 364 g/mol. The molecule has 3 aromatic rings. The number of nitrogens with one attached hydrogen (secondary N) is 1. The molecular formula is C20H16N2O5. The van der Waals surface area contributed by atoms with Crippen molar-refractivity contribution >= 4 is 18.1 Å². The molecule has 0 aliphatic heterocycles. The van der Waals surface area contributed by atoms with Gasteiger partial charge in [-0.3, -0.25) is 4.79 Å². The molecular weight excluding hydrogens is 348 g/mol. The van der Waals surface area contributed by atoms with Gasteiger partial charge in [0.2, 0.25) is 0 Å². The van der Waals surface area contributed by atoms with E-state index in [9.17, 15) is 14.7 Å². The predicted molar refractivity (Wildman–Crippen MR) is 98.2 cm³/mol. The van der Waals surface area contributed by atoms with Crippen molar-refractivity contribution < 1.29 is 24.2 Å². The molecule has 0 unspecified atom stereocenters. The van der Waals surface area contributed by atoms with Gasteiger partial charge in [-0.25, -0.2) is 10.2 Å². The molecule has 0 saturated carbocycles. The number of aliphatic hydroxyl groups excluding tert-OH is 1. The molecule has 7 heteroatoms. The Labute approximate surface area is 154 Å². The van der Waals surface area contributed by atoms with E-state index in [2.05, 4.69) is 10.5 Å². The third-order valence-corrected chi connectivity index (χ3v) is 3.77. The maximum absolute atomic E-state index is 11.9. The zero-order valence-corrected chi connectivity index (χ0v) is 14.1. The van der Waals surface area contributed by atoms with E-state index < -0.39 is 18.0 Å². The molecule has 0 saturated heterocycles. The van der Waals surface area contributed by atoms with Gasteiger partial charge < -0.3 is 14.6 Å². The van der Waals surface area contributed by atoms with Crippen LogP contribution in [-0.4, -0.2) is 28.3 Å². The van der Waals surface area contributed by atoms with Crippen molar-refractivity contribution in [2.75, 3.05) is 0 Å². The smallest absolute Gasteiger partial charge is 0.335 e. The van der Waals surface area contributed by atoms with Crippen molar-refractivity contribution in [1.29, 1.82) is 0 Å². The maximum Gasteiger partial charge on any atom is 0.335 e. The number of aliphatic hydroxyl groups is 1. The molecule has 1 atom stereocenters. The van der Waals surface area contributed by atoms with Gasteiger partial charge in [-0.1, -0.05) is 42.5 Å². The van der Waals surface area contributed by atoms with Crippen LogP contribution in [0.25, 0.3) is 11.3 Å². The van der Waals surface area contributed by atoms with Gasteiger partial charge in [-0.2, -0.15) is 5.10 Å². The van der Waals surface area contributed by atoms with Gasteiger partial charge in [0.25, 0.3) is 5.91 Å². The Bertz CT molecular complexity index is 962. The van der Waals surface area contributed by atoms with Gasteiger partial charge in [0.15, 0.2) is 6.10 Å². The summed E-state index contributed by atoms with van der Waals surface area (Å²) in [4.78, 5) is 22.8. The van der Waals surface area contributed by atoms with Gasteiger partial charge in [-0.05, 0) is 29.8 Å². The number of furan rings is 1. The normalized spacial score (nSPS) is 12.0. The number of rotatable bonds is 6. The number of carbonyl (C=O) groups is 2. The minimum atomic E-state index is -1.32. The van der Waals surface area contributed by atoms with Crippen molar-refractivity contribution in [3.63, 3.8) is 0 Å². The summed E-state index contributed by atoms with van der Waals surface area (Å²) in [6.45, 7) is 0. The molecule has 0 aliphatic carbocycles. The lowest BCUT2D eigenvalue weighted by atomic mass is 10.1. The van der Waals surface area contributed by atoms with Crippen molar-refractivity contribution in [3.8, 4) is 11.3 Å². The Morgan fingerprint density at radius 1 is 1.00 bits per heavy atom. The Kier molecular flexibility index (Phi) is 5.44. The summed E-state index contributed by atoms with van der Waals surface area (Å²) in [6.07, 6.45) is -0.00617. The van der Waals surface area contributed by atoms with Crippen LogP contribution >= 0.6 is 0 Å². The van der Waals surface area contributed by atoms with Crippen LogP contribution in [0.4, 0.5) is 0 Å². The highest BCUT2D eigenvalue weighted by atomic mass is 16.4. The first-order valence-electron chi connectivity index (χ1n) is 8.04. The monoisotopic (exact) mass is 364 g/mol. The van der Waals surface area contributed by atoms with Crippen LogP contribution in [0.15, 0.2) is 76.2 Å². The topological polar surface area (TPSA) is 112 Å². The van der Waals surface area contributed by atoms with E-state index in [0.717, 1.165) is 0 Å². The highest BCUT2D eigenvalue weighted by molar-refractivity contribution is 5.88. The first-order valence-corrected chi connectivity index (χ1v) is 8.04. The number of benzene rings is 2. The number of carboxylic acids is 1. The zero-order valence-electron chi connectivity index (χ0n) is 14.1. The molecule has 2 aromatic carbocycles.